The van der Waals surface area contributed by atoms with Gasteiger partial charge in [-0.15, -0.1) is 0 Å². The van der Waals surface area contributed by atoms with Gasteiger partial charge >= 0.3 is 5.88 Å². The van der Waals surface area contributed by atoms with Crippen molar-refractivity contribution in [3.8, 4) is 0 Å². The summed E-state index contributed by atoms with van der Waals surface area (Å²) in [6.07, 6.45) is 0.639. The minimum atomic E-state index is -0.581. The van der Waals surface area contributed by atoms with E-state index in [-0.39, 0.29) is 12.0 Å². The highest BCUT2D eigenvalue weighted by molar-refractivity contribution is 5.27. The molecule has 82 valence electrons. The van der Waals surface area contributed by atoms with Crippen LogP contribution in [0.5, 0.6) is 0 Å². The zero-order chi connectivity index (χ0) is 11.1. The molecule has 1 aromatic heterocycles. The Morgan fingerprint density at radius 1 is 1.67 bits per heavy atom. The minimum absolute atomic E-state index is 0.279. The SMILES string of the molecule is NCC1(c2ccc([N+](=O)[O-])o2)CC(O)C1. The Balaban J connectivity index is 2.25. The van der Waals surface area contributed by atoms with Crippen LogP contribution in [0.15, 0.2) is 16.5 Å². The fourth-order valence-electron chi connectivity index (χ4n) is 2.02. The van der Waals surface area contributed by atoms with Crippen LogP contribution in [0.3, 0.4) is 0 Å². The third-order valence-corrected chi connectivity index (χ3v) is 2.94. The molecule has 0 amide bonds. The Hall–Kier alpha value is -1.40. The summed E-state index contributed by atoms with van der Waals surface area (Å²) in [5.74, 6) is 0.223. The molecule has 2 rings (SSSR count). The fraction of sp³-hybridized carbons (Fsp3) is 0.556. The summed E-state index contributed by atoms with van der Waals surface area (Å²) in [7, 11) is 0. The van der Waals surface area contributed by atoms with Crippen molar-refractivity contribution >= 4 is 5.88 Å². The molecule has 6 nitrogen and oxygen atoms in total. The highest BCUT2D eigenvalue weighted by Crippen LogP contribution is 2.44. The van der Waals surface area contributed by atoms with Gasteiger partial charge in [-0.25, -0.2) is 0 Å². The molecule has 0 unspecified atom stereocenters. The van der Waals surface area contributed by atoms with E-state index in [1.165, 1.54) is 6.07 Å². The lowest BCUT2D eigenvalue weighted by Crippen LogP contribution is -2.49. The smallest absolute Gasteiger partial charge is 0.405 e. The third kappa shape index (κ3) is 1.51. The van der Waals surface area contributed by atoms with Gasteiger partial charge in [0.05, 0.1) is 12.2 Å². The molecule has 0 atom stereocenters. The van der Waals surface area contributed by atoms with Gasteiger partial charge in [0.25, 0.3) is 0 Å². The third-order valence-electron chi connectivity index (χ3n) is 2.94. The number of hydrogen-bond donors (Lipinski definition) is 2. The first-order chi connectivity index (χ1) is 7.07. The summed E-state index contributed by atoms with van der Waals surface area (Å²) in [6.45, 7) is 0.328. The lowest BCUT2D eigenvalue weighted by molar-refractivity contribution is -0.402. The van der Waals surface area contributed by atoms with Crippen LogP contribution >= 0.6 is 0 Å². The zero-order valence-electron chi connectivity index (χ0n) is 8.05. The number of furan rings is 1. The Bertz CT molecular complexity index is 381. The highest BCUT2D eigenvalue weighted by atomic mass is 16.6. The largest absolute Gasteiger partial charge is 0.433 e. The van der Waals surface area contributed by atoms with Gasteiger partial charge in [0, 0.05) is 12.0 Å². The van der Waals surface area contributed by atoms with E-state index >= 15 is 0 Å². The van der Waals surface area contributed by atoms with E-state index in [9.17, 15) is 15.2 Å². The quantitative estimate of drug-likeness (QED) is 0.562. The van der Waals surface area contributed by atoms with Crippen LogP contribution in [0, 0.1) is 10.1 Å². The minimum Gasteiger partial charge on any atom is -0.405 e. The maximum Gasteiger partial charge on any atom is 0.433 e. The molecule has 6 heteroatoms. The van der Waals surface area contributed by atoms with Gasteiger partial charge < -0.3 is 15.3 Å². The predicted octanol–water partition coefficient (Wildman–Crippen LogP) is 0.539. The second kappa shape index (κ2) is 3.32. The van der Waals surface area contributed by atoms with Gasteiger partial charge in [-0.1, -0.05) is 0 Å². The molecule has 0 aliphatic heterocycles. The average molecular weight is 212 g/mol. The molecule has 0 saturated heterocycles. The van der Waals surface area contributed by atoms with E-state index in [0.717, 1.165) is 0 Å². The number of rotatable bonds is 3. The van der Waals surface area contributed by atoms with Crippen molar-refractivity contribution in [2.24, 2.45) is 5.73 Å². The fourth-order valence-corrected chi connectivity index (χ4v) is 2.02. The molecule has 15 heavy (non-hydrogen) atoms. The van der Waals surface area contributed by atoms with E-state index in [1.54, 1.807) is 6.07 Å². The number of nitrogens with two attached hydrogens (primary N) is 1. The Labute approximate surface area is 85.8 Å². The second-order valence-electron chi connectivity index (χ2n) is 3.94. The van der Waals surface area contributed by atoms with Crippen LogP contribution in [0.25, 0.3) is 0 Å². The molecule has 1 saturated carbocycles. The monoisotopic (exact) mass is 212 g/mol. The molecule has 0 aromatic carbocycles. The van der Waals surface area contributed by atoms with Crippen molar-refractivity contribution < 1.29 is 14.4 Å². The van der Waals surface area contributed by atoms with E-state index < -0.39 is 10.3 Å². The van der Waals surface area contributed by atoms with Crippen molar-refractivity contribution in [1.29, 1.82) is 0 Å². The first-order valence-corrected chi connectivity index (χ1v) is 4.70. The first kappa shape index (κ1) is 10.1. The van der Waals surface area contributed by atoms with Crippen LogP contribution in [0.1, 0.15) is 18.6 Å². The summed E-state index contributed by atoms with van der Waals surface area (Å²) >= 11 is 0. The zero-order valence-corrected chi connectivity index (χ0v) is 8.05. The molecule has 1 aliphatic rings. The van der Waals surface area contributed by atoms with Crippen LogP contribution in [0.2, 0.25) is 0 Å². The number of nitrogens with zero attached hydrogens (tertiary/aromatic N) is 1. The normalized spacial score (nSPS) is 29.9. The van der Waals surface area contributed by atoms with Crippen molar-refractivity contribution in [1.82, 2.24) is 0 Å². The van der Waals surface area contributed by atoms with Crippen molar-refractivity contribution in [2.75, 3.05) is 6.54 Å². The standard InChI is InChI=1S/C9H12N2O4/c10-5-9(3-6(12)4-9)7-1-2-8(15-7)11(13)14/h1-2,6,12H,3-5,10H2. The Morgan fingerprint density at radius 2 is 2.33 bits per heavy atom. The van der Waals surface area contributed by atoms with Gasteiger partial charge in [-0.2, -0.15) is 0 Å². The summed E-state index contributed by atoms with van der Waals surface area (Å²) < 4.78 is 5.10. The lowest BCUT2D eigenvalue weighted by atomic mass is 9.65. The Morgan fingerprint density at radius 3 is 2.73 bits per heavy atom. The lowest BCUT2D eigenvalue weighted by Gasteiger charge is -2.42. The molecular formula is C9H12N2O4. The van der Waals surface area contributed by atoms with E-state index in [4.69, 9.17) is 10.2 Å². The summed E-state index contributed by atoms with van der Waals surface area (Å²) in [4.78, 5) is 9.85. The molecule has 0 radical (unpaired) electrons. The summed E-state index contributed by atoms with van der Waals surface area (Å²) in [5, 5.41) is 19.7. The molecule has 0 spiro atoms. The average Bonchev–Trinajstić information content (AvgIpc) is 2.61. The van der Waals surface area contributed by atoms with E-state index in [1.807, 2.05) is 0 Å². The highest BCUT2D eigenvalue weighted by Gasteiger charge is 2.46. The van der Waals surface area contributed by atoms with Crippen LogP contribution in [0.4, 0.5) is 5.88 Å². The molecular weight excluding hydrogens is 200 g/mol. The maximum absolute atomic E-state index is 10.4. The predicted molar refractivity (Wildman–Crippen MR) is 51.3 cm³/mol. The van der Waals surface area contributed by atoms with Gasteiger partial charge in [0.15, 0.2) is 0 Å². The van der Waals surface area contributed by atoms with Crippen molar-refractivity contribution in [3.05, 3.63) is 28.0 Å². The summed E-state index contributed by atoms with van der Waals surface area (Å²) in [6, 6.07) is 2.88. The molecule has 1 heterocycles. The number of aliphatic hydroxyl groups is 1. The first-order valence-electron chi connectivity index (χ1n) is 4.70. The van der Waals surface area contributed by atoms with Crippen molar-refractivity contribution in [3.63, 3.8) is 0 Å². The van der Waals surface area contributed by atoms with Gasteiger partial charge in [-0.3, -0.25) is 10.1 Å². The van der Waals surface area contributed by atoms with E-state index in [0.29, 0.717) is 25.1 Å². The second-order valence-corrected chi connectivity index (χ2v) is 3.94. The van der Waals surface area contributed by atoms with Crippen LogP contribution < -0.4 is 5.73 Å². The molecule has 1 aromatic rings. The van der Waals surface area contributed by atoms with Crippen LogP contribution in [-0.2, 0) is 5.41 Å². The molecule has 0 bridgehead atoms. The Kier molecular flexibility index (Phi) is 2.24. The topological polar surface area (TPSA) is 103 Å². The van der Waals surface area contributed by atoms with E-state index in [2.05, 4.69) is 0 Å². The van der Waals surface area contributed by atoms with Crippen LogP contribution in [-0.4, -0.2) is 22.7 Å². The van der Waals surface area contributed by atoms with Gasteiger partial charge in [-0.05, 0) is 18.9 Å². The molecule has 3 N–H and O–H groups in total. The summed E-state index contributed by atoms with van der Waals surface area (Å²) in [5.41, 5.74) is 5.20. The van der Waals surface area contributed by atoms with Gasteiger partial charge in [0.1, 0.15) is 10.7 Å². The number of hydrogen-bond acceptors (Lipinski definition) is 5. The maximum atomic E-state index is 10.4. The number of aliphatic hydroxyl groups excluding tert-OH is 1. The molecule has 1 fully saturated rings. The number of nitro groups is 1. The van der Waals surface area contributed by atoms with Crippen molar-refractivity contribution in [2.45, 2.75) is 24.4 Å². The molecule has 1 aliphatic carbocycles. The van der Waals surface area contributed by atoms with Gasteiger partial charge in [0.2, 0.25) is 0 Å².